The Bertz CT molecular complexity index is 999. The maximum atomic E-state index is 10.3. The van der Waals surface area contributed by atoms with Gasteiger partial charge in [-0.15, -0.1) is 0 Å². The number of rotatable bonds is 4. The van der Waals surface area contributed by atoms with E-state index < -0.39 is 0 Å². The lowest BCUT2D eigenvalue weighted by atomic mass is 10.0. The second-order valence-corrected chi connectivity index (χ2v) is 6.94. The van der Waals surface area contributed by atoms with Crippen molar-refractivity contribution in [2.24, 2.45) is 0 Å². The number of aryl methyl sites for hydroxylation is 1. The number of aromatic nitrogens is 2. The van der Waals surface area contributed by atoms with Crippen molar-refractivity contribution in [2.45, 2.75) is 26.2 Å². The first-order valence-electron chi connectivity index (χ1n) is 8.73. The molecule has 4 rings (SSSR count). The maximum Gasteiger partial charge on any atom is 0.173 e. The molecule has 0 radical (unpaired) electrons. The zero-order valence-electron chi connectivity index (χ0n) is 14.8. The van der Waals surface area contributed by atoms with Crippen LogP contribution in [0.25, 0.3) is 17.0 Å². The van der Waals surface area contributed by atoms with Crippen molar-refractivity contribution in [3.8, 4) is 17.0 Å². The molecule has 27 heavy (non-hydrogen) atoms. The largest absolute Gasteiger partial charge is 0.507 e. The fraction of sp³-hybridized carbons (Fsp3) is 0.190. The number of nitrogens with one attached hydrogen (secondary N) is 1. The highest BCUT2D eigenvalue weighted by molar-refractivity contribution is 6.31. The van der Waals surface area contributed by atoms with Crippen LogP contribution in [-0.2, 0) is 9.47 Å². The number of aromatic hydroxyl groups is 1. The van der Waals surface area contributed by atoms with Crippen LogP contribution >= 0.6 is 11.6 Å². The van der Waals surface area contributed by atoms with E-state index >= 15 is 0 Å². The van der Waals surface area contributed by atoms with Gasteiger partial charge in [0.2, 0.25) is 0 Å². The summed E-state index contributed by atoms with van der Waals surface area (Å²) in [7, 11) is 0. The number of ether oxygens (including phenoxy) is 2. The van der Waals surface area contributed by atoms with Crippen LogP contribution < -0.4 is 0 Å². The third-order valence-corrected chi connectivity index (χ3v) is 4.76. The van der Waals surface area contributed by atoms with Gasteiger partial charge in [0.25, 0.3) is 0 Å². The molecular weight excluding hydrogens is 364 g/mol. The molecule has 2 N–H and O–H groups in total. The fourth-order valence-corrected chi connectivity index (χ4v) is 3.37. The number of hydrogen-bond acceptors (Lipinski definition) is 4. The lowest BCUT2D eigenvalue weighted by Gasteiger charge is -2.19. The topological polar surface area (TPSA) is 67.4 Å². The Morgan fingerprint density at radius 2 is 2.19 bits per heavy atom. The first-order chi connectivity index (χ1) is 13.1. The molecule has 2 aliphatic rings. The molecule has 0 saturated heterocycles. The van der Waals surface area contributed by atoms with Crippen LogP contribution in [0.5, 0.6) is 5.75 Å². The lowest BCUT2D eigenvalue weighted by molar-refractivity contribution is 0.273. The van der Waals surface area contributed by atoms with E-state index in [1.54, 1.807) is 30.7 Å². The summed E-state index contributed by atoms with van der Waals surface area (Å²) in [5, 5.41) is 18.1. The van der Waals surface area contributed by atoms with Gasteiger partial charge < -0.3 is 14.6 Å². The molecule has 0 amide bonds. The average molecular weight is 383 g/mol. The number of phenolic OH excluding ortho intramolecular Hbond substituents is 1. The van der Waals surface area contributed by atoms with Gasteiger partial charge in [0.15, 0.2) is 5.76 Å². The van der Waals surface area contributed by atoms with Crippen LogP contribution in [0, 0.1) is 6.92 Å². The summed E-state index contributed by atoms with van der Waals surface area (Å²) in [6, 6.07) is 4.86. The Morgan fingerprint density at radius 3 is 3.00 bits per heavy atom. The Hall–Kier alpha value is -2.92. The van der Waals surface area contributed by atoms with Gasteiger partial charge in [-0.2, -0.15) is 5.10 Å². The van der Waals surface area contributed by atoms with E-state index in [9.17, 15) is 5.11 Å². The minimum absolute atomic E-state index is 0.0967. The zero-order chi connectivity index (χ0) is 18.8. The average Bonchev–Trinajstić information content (AvgIpc) is 3.06. The van der Waals surface area contributed by atoms with Crippen LogP contribution in [0.2, 0.25) is 5.02 Å². The summed E-state index contributed by atoms with van der Waals surface area (Å²) in [5.41, 5.74) is 3.92. The summed E-state index contributed by atoms with van der Waals surface area (Å²) in [4.78, 5) is 0. The van der Waals surface area contributed by atoms with Crippen molar-refractivity contribution < 1.29 is 14.6 Å². The highest BCUT2D eigenvalue weighted by atomic mass is 35.5. The Labute approximate surface area is 162 Å². The highest BCUT2D eigenvalue weighted by Gasteiger charge is 2.23. The number of aromatic amines is 1. The van der Waals surface area contributed by atoms with Gasteiger partial charge in [-0.25, -0.2) is 0 Å². The molecule has 0 fully saturated rings. The summed E-state index contributed by atoms with van der Waals surface area (Å²) < 4.78 is 11.6. The predicted molar refractivity (Wildman–Crippen MR) is 105 cm³/mol. The summed E-state index contributed by atoms with van der Waals surface area (Å²) in [5.74, 6) is 1.37. The first-order valence-corrected chi connectivity index (χ1v) is 9.11. The van der Waals surface area contributed by atoms with E-state index in [4.69, 9.17) is 21.1 Å². The molecule has 0 unspecified atom stereocenters. The Kier molecular flexibility index (Phi) is 4.77. The summed E-state index contributed by atoms with van der Waals surface area (Å²) >= 11 is 6.10. The van der Waals surface area contributed by atoms with E-state index in [0.717, 1.165) is 29.9 Å². The first kappa shape index (κ1) is 17.5. The Morgan fingerprint density at radius 1 is 1.30 bits per heavy atom. The van der Waals surface area contributed by atoms with Gasteiger partial charge in [-0.05, 0) is 38.0 Å². The molecule has 2 aromatic rings. The Balaban J connectivity index is 1.63. The standard InChI is InChI=1S/C21H19ClN2O3/c1-13-20(21(24-23-13)17-10-15(22)7-8-18(17)25)19-12-26-11-16(27-19)9-14-5-3-2-4-6-14/h2-3,5,7-8,10-12,25H,4,6,9H2,1H3,(H,23,24). The van der Waals surface area contributed by atoms with Crippen molar-refractivity contribution in [3.05, 3.63) is 76.6 Å². The molecule has 138 valence electrons. The van der Waals surface area contributed by atoms with Gasteiger partial charge in [-0.1, -0.05) is 35.4 Å². The van der Waals surface area contributed by atoms with E-state index in [1.807, 2.05) is 6.92 Å². The normalized spacial score (nSPS) is 16.1. The predicted octanol–water partition coefficient (Wildman–Crippen LogP) is 5.60. The van der Waals surface area contributed by atoms with Crippen molar-refractivity contribution in [2.75, 3.05) is 0 Å². The molecular formula is C21H19ClN2O3. The second kappa shape index (κ2) is 7.37. The van der Waals surface area contributed by atoms with Gasteiger partial charge in [0.1, 0.15) is 29.7 Å². The minimum atomic E-state index is 0.0967. The molecule has 1 aliphatic carbocycles. The molecule has 5 nitrogen and oxygen atoms in total. The van der Waals surface area contributed by atoms with E-state index in [1.165, 1.54) is 5.57 Å². The van der Waals surface area contributed by atoms with Gasteiger partial charge in [-0.3, -0.25) is 5.10 Å². The molecule has 0 saturated carbocycles. The molecule has 0 atom stereocenters. The summed E-state index contributed by atoms with van der Waals surface area (Å²) in [6.07, 6.45) is 12.3. The third-order valence-electron chi connectivity index (χ3n) is 4.52. The minimum Gasteiger partial charge on any atom is -0.507 e. The highest BCUT2D eigenvalue weighted by Crippen LogP contribution is 2.38. The van der Waals surface area contributed by atoms with Gasteiger partial charge in [0, 0.05) is 22.7 Å². The number of phenols is 1. The third kappa shape index (κ3) is 3.64. The fourth-order valence-electron chi connectivity index (χ4n) is 3.20. The second-order valence-electron chi connectivity index (χ2n) is 6.51. The number of nitrogens with zero attached hydrogens (tertiary/aromatic N) is 1. The summed E-state index contributed by atoms with van der Waals surface area (Å²) in [6.45, 7) is 1.89. The zero-order valence-corrected chi connectivity index (χ0v) is 15.6. The number of halogens is 1. The van der Waals surface area contributed by atoms with E-state index in [-0.39, 0.29) is 5.75 Å². The molecule has 2 heterocycles. The SMILES string of the molecule is Cc1[nH]nc(-c2cc(Cl)ccc2O)c1C1=COC=C(CC2=CC=CCC2)O1. The van der Waals surface area contributed by atoms with Gasteiger partial charge in [0.05, 0.1) is 5.56 Å². The van der Waals surface area contributed by atoms with Crippen molar-refractivity contribution >= 4 is 17.4 Å². The van der Waals surface area contributed by atoms with Crippen LogP contribution in [0.4, 0.5) is 0 Å². The quantitative estimate of drug-likeness (QED) is 0.722. The molecule has 0 spiro atoms. The molecule has 1 aromatic carbocycles. The maximum absolute atomic E-state index is 10.3. The van der Waals surface area contributed by atoms with Crippen LogP contribution in [0.15, 0.2) is 60.3 Å². The van der Waals surface area contributed by atoms with Gasteiger partial charge >= 0.3 is 0 Å². The monoisotopic (exact) mass is 382 g/mol. The lowest BCUT2D eigenvalue weighted by Crippen LogP contribution is -2.03. The molecule has 1 aliphatic heterocycles. The van der Waals surface area contributed by atoms with Crippen LogP contribution in [-0.4, -0.2) is 15.3 Å². The number of allylic oxidation sites excluding steroid dienone is 4. The number of benzene rings is 1. The number of hydrogen-bond donors (Lipinski definition) is 2. The van der Waals surface area contributed by atoms with Crippen LogP contribution in [0.1, 0.15) is 30.5 Å². The van der Waals surface area contributed by atoms with Crippen molar-refractivity contribution in [3.63, 3.8) is 0 Å². The van der Waals surface area contributed by atoms with Crippen molar-refractivity contribution in [1.82, 2.24) is 10.2 Å². The van der Waals surface area contributed by atoms with E-state index in [0.29, 0.717) is 28.5 Å². The number of H-pyrrole nitrogens is 1. The van der Waals surface area contributed by atoms with Crippen molar-refractivity contribution in [1.29, 1.82) is 0 Å². The smallest absolute Gasteiger partial charge is 0.173 e. The molecule has 0 bridgehead atoms. The molecule has 6 heteroatoms. The van der Waals surface area contributed by atoms with E-state index in [2.05, 4.69) is 28.4 Å². The van der Waals surface area contributed by atoms with Crippen LogP contribution in [0.3, 0.4) is 0 Å². The molecule has 1 aromatic heterocycles.